The van der Waals surface area contributed by atoms with Crippen LogP contribution in [-0.4, -0.2) is 43.5 Å². The average molecular weight is 342 g/mol. The topological polar surface area (TPSA) is 63.0 Å². The van der Waals surface area contributed by atoms with Crippen LogP contribution in [0.2, 0.25) is 0 Å². The number of anilines is 1. The summed E-state index contributed by atoms with van der Waals surface area (Å²) >= 11 is 0. The second-order valence-electron chi connectivity index (χ2n) is 6.32. The summed E-state index contributed by atoms with van der Waals surface area (Å²) in [6.45, 7) is 5.32. The lowest BCUT2D eigenvalue weighted by Crippen LogP contribution is -2.52. The molecule has 2 aromatic rings. The minimum atomic E-state index is -0.268. The van der Waals surface area contributed by atoms with Crippen LogP contribution in [0.3, 0.4) is 0 Å². The van der Waals surface area contributed by atoms with Crippen molar-refractivity contribution in [2.75, 3.05) is 31.6 Å². The molecular formula is C19H22N2O4. The van der Waals surface area contributed by atoms with Crippen molar-refractivity contribution in [3.8, 4) is 0 Å². The number of aryl methyl sites for hydroxylation is 2. The van der Waals surface area contributed by atoms with Crippen LogP contribution in [0.4, 0.5) is 5.69 Å². The second-order valence-corrected chi connectivity index (χ2v) is 6.32. The van der Waals surface area contributed by atoms with Gasteiger partial charge >= 0.3 is 0 Å². The molecule has 0 spiro atoms. The normalized spacial score (nSPS) is 14.9. The number of rotatable bonds is 4. The van der Waals surface area contributed by atoms with E-state index in [1.165, 1.54) is 4.90 Å². The van der Waals surface area contributed by atoms with E-state index < -0.39 is 0 Å². The number of furan rings is 1. The van der Waals surface area contributed by atoms with Crippen LogP contribution in [0, 0.1) is 13.8 Å². The highest BCUT2D eigenvalue weighted by Gasteiger charge is 2.30. The fraction of sp³-hybridized carbons (Fsp3) is 0.368. The molecule has 0 atom stereocenters. The Hall–Kier alpha value is -2.60. The van der Waals surface area contributed by atoms with Crippen LogP contribution >= 0.6 is 0 Å². The van der Waals surface area contributed by atoms with Gasteiger partial charge in [-0.05, 0) is 49.2 Å². The van der Waals surface area contributed by atoms with Crippen LogP contribution in [0.15, 0.2) is 34.7 Å². The fourth-order valence-electron chi connectivity index (χ4n) is 3.09. The van der Waals surface area contributed by atoms with Crippen molar-refractivity contribution >= 4 is 17.5 Å². The summed E-state index contributed by atoms with van der Waals surface area (Å²) in [6.07, 6.45) is 0. The zero-order chi connectivity index (χ0) is 18.0. The van der Waals surface area contributed by atoms with Gasteiger partial charge in [0, 0.05) is 25.9 Å². The van der Waals surface area contributed by atoms with Crippen LogP contribution < -0.4 is 4.90 Å². The van der Waals surface area contributed by atoms with Gasteiger partial charge in [-0.3, -0.25) is 9.59 Å². The third-order valence-electron chi connectivity index (χ3n) is 4.19. The molecule has 2 heterocycles. The van der Waals surface area contributed by atoms with E-state index in [4.69, 9.17) is 9.15 Å². The molecule has 1 aromatic heterocycles. The Labute approximate surface area is 147 Å². The molecule has 1 aromatic carbocycles. The minimum Gasteiger partial charge on any atom is -0.453 e. The summed E-state index contributed by atoms with van der Waals surface area (Å²) < 4.78 is 10.5. The molecule has 0 bridgehead atoms. The lowest BCUT2D eigenvalue weighted by Gasteiger charge is -2.34. The highest BCUT2D eigenvalue weighted by Crippen LogP contribution is 2.22. The first-order valence-electron chi connectivity index (χ1n) is 8.23. The molecule has 1 aliphatic rings. The Morgan fingerprint density at radius 3 is 2.52 bits per heavy atom. The van der Waals surface area contributed by atoms with E-state index in [1.807, 2.05) is 26.0 Å². The molecule has 6 heteroatoms. The predicted molar refractivity (Wildman–Crippen MR) is 93.6 cm³/mol. The Balaban J connectivity index is 1.70. The molecule has 6 nitrogen and oxygen atoms in total. The summed E-state index contributed by atoms with van der Waals surface area (Å²) in [6, 6.07) is 9.39. The maximum atomic E-state index is 12.6. The molecule has 0 unspecified atom stereocenters. The molecule has 0 saturated carbocycles. The summed E-state index contributed by atoms with van der Waals surface area (Å²) in [4.78, 5) is 28.4. The van der Waals surface area contributed by atoms with E-state index in [2.05, 4.69) is 6.07 Å². The molecule has 0 aliphatic carbocycles. The summed E-state index contributed by atoms with van der Waals surface area (Å²) in [5.41, 5.74) is 3.11. The van der Waals surface area contributed by atoms with Crippen molar-refractivity contribution in [3.63, 3.8) is 0 Å². The van der Waals surface area contributed by atoms with E-state index in [9.17, 15) is 9.59 Å². The van der Waals surface area contributed by atoms with Gasteiger partial charge in [0.2, 0.25) is 5.91 Å². The fourth-order valence-corrected chi connectivity index (χ4v) is 3.09. The molecule has 1 fully saturated rings. The summed E-state index contributed by atoms with van der Waals surface area (Å²) in [7, 11) is 1.56. The lowest BCUT2D eigenvalue weighted by atomic mass is 10.1. The van der Waals surface area contributed by atoms with E-state index in [0.29, 0.717) is 25.5 Å². The van der Waals surface area contributed by atoms with Crippen molar-refractivity contribution in [1.82, 2.24) is 4.90 Å². The molecule has 3 rings (SSSR count). The lowest BCUT2D eigenvalue weighted by molar-refractivity contribution is -0.120. The molecule has 25 heavy (non-hydrogen) atoms. The van der Waals surface area contributed by atoms with Crippen molar-refractivity contribution in [2.45, 2.75) is 20.5 Å². The first kappa shape index (κ1) is 17.2. The number of hydrogen-bond acceptors (Lipinski definition) is 4. The number of nitrogens with zero attached hydrogens (tertiary/aromatic N) is 2. The van der Waals surface area contributed by atoms with Gasteiger partial charge in [-0.2, -0.15) is 0 Å². The molecule has 0 N–H and O–H groups in total. The van der Waals surface area contributed by atoms with E-state index in [0.717, 1.165) is 16.8 Å². The van der Waals surface area contributed by atoms with Crippen molar-refractivity contribution < 1.29 is 18.7 Å². The second kappa shape index (κ2) is 7.11. The SMILES string of the molecule is COCc1ccc(C(=O)N2CCN(c3cc(C)cc(C)c3)C(=O)C2)o1. The number of methoxy groups -OCH3 is 1. The van der Waals surface area contributed by atoms with Gasteiger partial charge in [0.25, 0.3) is 5.91 Å². The van der Waals surface area contributed by atoms with Gasteiger partial charge in [-0.25, -0.2) is 0 Å². The number of piperazine rings is 1. The largest absolute Gasteiger partial charge is 0.453 e. The Kier molecular flexibility index (Phi) is 4.90. The highest BCUT2D eigenvalue weighted by atomic mass is 16.5. The standard InChI is InChI=1S/C19H22N2O4/c1-13-8-14(2)10-15(9-13)21-7-6-20(11-18(21)22)19(23)17-5-4-16(25-17)12-24-3/h4-5,8-10H,6-7,11-12H2,1-3H3. The number of benzene rings is 1. The first-order valence-corrected chi connectivity index (χ1v) is 8.23. The van der Waals surface area contributed by atoms with Gasteiger partial charge in [0.05, 0.1) is 0 Å². The number of carbonyl (C=O) groups excluding carboxylic acids is 2. The quantitative estimate of drug-likeness (QED) is 0.856. The Bertz CT molecular complexity index is 776. The molecule has 0 radical (unpaired) electrons. The molecular weight excluding hydrogens is 320 g/mol. The monoisotopic (exact) mass is 342 g/mol. The number of hydrogen-bond donors (Lipinski definition) is 0. The Morgan fingerprint density at radius 2 is 1.88 bits per heavy atom. The van der Waals surface area contributed by atoms with Crippen molar-refractivity contribution in [2.24, 2.45) is 0 Å². The Morgan fingerprint density at radius 1 is 1.16 bits per heavy atom. The zero-order valence-electron chi connectivity index (χ0n) is 14.7. The van der Waals surface area contributed by atoms with E-state index >= 15 is 0 Å². The molecule has 1 aliphatic heterocycles. The van der Waals surface area contributed by atoms with Gasteiger partial charge in [0.1, 0.15) is 18.9 Å². The number of carbonyl (C=O) groups is 2. The highest BCUT2D eigenvalue weighted by molar-refractivity contribution is 6.00. The van der Waals surface area contributed by atoms with Gasteiger partial charge in [0.15, 0.2) is 5.76 Å². The van der Waals surface area contributed by atoms with Crippen LogP contribution in [0.5, 0.6) is 0 Å². The summed E-state index contributed by atoms with van der Waals surface area (Å²) in [5, 5.41) is 0. The summed E-state index contributed by atoms with van der Waals surface area (Å²) in [5.74, 6) is 0.467. The van der Waals surface area contributed by atoms with Crippen LogP contribution in [0.25, 0.3) is 0 Å². The van der Waals surface area contributed by atoms with Crippen molar-refractivity contribution in [1.29, 1.82) is 0 Å². The average Bonchev–Trinajstić information content (AvgIpc) is 3.02. The predicted octanol–water partition coefficient (Wildman–Crippen LogP) is 2.53. The van der Waals surface area contributed by atoms with E-state index in [1.54, 1.807) is 24.1 Å². The molecule has 2 amide bonds. The van der Waals surface area contributed by atoms with Crippen LogP contribution in [-0.2, 0) is 16.1 Å². The van der Waals surface area contributed by atoms with Gasteiger partial charge < -0.3 is 19.0 Å². The number of amides is 2. The van der Waals surface area contributed by atoms with Gasteiger partial charge in [-0.1, -0.05) is 6.07 Å². The number of ether oxygens (including phenoxy) is 1. The molecule has 1 saturated heterocycles. The smallest absolute Gasteiger partial charge is 0.290 e. The zero-order valence-corrected chi connectivity index (χ0v) is 14.7. The van der Waals surface area contributed by atoms with Crippen LogP contribution in [0.1, 0.15) is 27.4 Å². The first-order chi connectivity index (χ1) is 12.0. The maximum absolute atomic E-state index is 12.6. The minimum absolute atomic E-state index is 0.0478. The van der Waals surface area contributed by atoms with Gasteiger partial charge in [-0.15, -0.1) is 0 Å². The third-order valence-corrected chi connectivity index (χ3v) is 4.19. The third kappa shape index (κ3) is 3.74. The maximum Gasteiger partial charge on any atom is 0.290 e. The van der Waals surface area contributed by atoms with Crippen molar-refractivity contribution in [3.05, 3.63) is 53.0 Å². The molecule has 132 valence electrons. The van der Waals surface area contributed by atoms with E-state index in [-0.39, 0.29) is 24.1 Å².